The fourth-order valence-corrected chi connectivity index (χ4v) is 6.31. The lowest BCUT2D eigenvalue weighted by molar-refractivity contribution is -0.150. The highest BCUT2D eigenvalue weighted by Gasteiger charge is 2.55. The molecular formula is C21H25N7O7S2. The van der Waals surface area contributed by atoms with Crippen LogP contribution in [-0.4, -0.2) is 98.1 Å². The van der Waals surface area contributed by atoms with Gasteiger partial charge in [-0.15, -0.1) is 23.1 Å². The van der Waals surface area contributed by atoms with Crippen LogP contribution in [0.4, 0.5) is 5.13 Å². The number of β-lactam (4-membered cyclic amide) rings is 1. The molecular weight excluding hydrogens is 526 g/mol. The molecule has 0 saturated carbocycles. The molecule has 3 amide bonds. The predicted molar refractivity (Wildman–Crippen MR) is 134 cm³/mol. The van der Waals surface area contributed by atoms with Crippen LogP contribution in [0.2, 0.25) is 0 Å². The van der Waals surface area contributed by atoms with Gasteiger partial charge in [-0.25, -0.2) is 9.78 Å². The number of nitrogen functional groups attached to an aromatic ring is 1. The zero-order valence-electron chi connectivity index (χ0n) is 19.4. The molecule has 3 aliphatic rings. The Balaban J connectivity index is 1.59. The molecule has 0 bridgehead atoms. The van der Waals surface area contributed by atoms with Gasteiger partial charge in [-0.1, -0.05) is 5.16 Å². The van der Waals surface area contributed by atoms with Crippen molar-refractivity contribution in [3.63, 3.8) is 0 Å². The van der Waals surface area contributed by atoms with E-state index >= 15 is 0 Å². The smallest absolute Gasteiger partial charge is 0.352 e. The number of aliphatic hydroxyl groups is 1. The maximum atomic E-state index is 13.1. The van der Waals surface area contributed by atoms with Crippen molar-refractivity contribution in [2.45, 2.75) is 24.3 Å². The van der Waals surface area contributed by atoms with Gasteiger partial charge in [-0.2, -0.15) is 0 Å². The van der Waals surface area contributed by atoms with E-state index in [1.807, 2.05) is 0 Å². The summed E-state index contributed by atoms with van der Waals surface area (Å²) in [4.78, 5) is 55.6. The highest BCUT2D eigenvalue weighted by Crippen LogP contribution is 2.43. The first-order valence-corrected chi connectivity index (χ1v) is 13.2. The number of carbonyl (C=O) groups is 4. The number of carboxylic acid groups (broad SMARTS) is 1. The summed E-state index contributed by atoms with van der Waals surface area (Å²) in [5.41, 5.74) is 6.36. The van der Waals surface area contributed by atoms with E-state index in [2.05, 4.69) is 26.1 Å². The Kier molecular flexibility index (Phi) is 8.11. The van der Waals surface area contributed by atoms with Crippen LogP contribution < -0.4 is 21.7 Å². The van der Waals surface area contributed by atoms with E-state index in [4.69, 9.17) is 10.8 Å². The molecule has 0 aliphatic carbocycles. The van der Waals surface area contributed by atoms with Gasteiger partial charge in [0, 0.05) is 29.8 Å². The van der Waals surface area contributed by atoms with Gasteiger partial charge in [0.2, 0.25) is 5.91 Å². The van der Waals surface area contributed by atoms with Crippen LogP contribution in [0.15, 0.2) is 33.0 Å². The average Bonchev–Trinajstić information content (AvgIpc) is 3.50. The van der Waals surface area contributed by atoms with Crippen LogP contribution in [0.3, 0.4) is 0 Å². The molecule has 0 unspecified atom stereocenters. The highest BCUT2D eigenvalue weighted by atomic mass is 32.2. The number of anilines is 1. The molecule has 2 fully saturated rings. The molecule has 1 aromatic rings. The number of hydrogen-bond donors (Lipinski definition) is 7. The van der Waals surface area contributed by atoms with E-state index in [1.54, 1.807) is 0 Å². The van der Waals surface area contributed by atoms with Crippen molar-refractivity contribution in [3.8, 4) is 0 Å². The Labute approximate surface area is 218 Å². The molecule has 37 heavy (non-hydrogen) atoms. The minimum Gasteiger partial charge on any atom is -0.477 e. The van der Waals surface area contributed by atoms with E-state index in [-0.39, 0.29) is 34.8 Å². The molecule has 0 spiro atoms. The minimum atomic E-state index is -1.33. The number of thiazole rings is 1. The van der Waals surface area contributed by atoms with Gasteiger partial charge in [0.25, 0.3) is 11.8 Å². The van der Waals surface area contributed by atoms with Gasteiger partial charge in [0.1, 0.15) is 22.8 Å². The molecule has 14 nitrogen and oxygen atoms in total. The second-order valence-electron chi connectivity index (χ2n) is 8.20. The quantitative estimate of drug-likeness (QED) is 0.0440. The molecule has 0 aromatic carbocycles. The van der Waals surface area contributed by atoms with Gasteiger partial charge in [-0.05, 0) is 30.5 Å². The Morgan fingerprint density at radius 2 is 2.11 bits per heavy atom. The topological polar surface area (TPSA) is 220 Å². The number of hydrogen-bond acceptors (Lipinski definition) is 12. The number of nitrogens with two attached hydrogens (primary N) is 1. The Morgan fingerprint density at radius 3 is 2.70 bits per heavy atom. The summed E-state index contributed by atoms with van der Waals surface area (Å²) in [5, 5.41) is 40.5. The Morgan fingerprint density at radius 1 is 1.32 bits per heavy atom. The van der Waals surface area contributed by atoms with Crippen molar-refractivity contribution >= 4 is 57.6 Å². The standard InChI is InChI=1S/C21H25N7O7S2/c22-21-25-12(8-37-21)13(27-35)17(31)26-14-18(32)28-15(20(33)34)11(7-36-19(14)28)9(1-3-23-5-6-29)10-2-4-24-16(10)30/h8,14,19,23,29,35H,1-7H2,(H2,22,25)(H,24,30)(H,26,31)(H,33,34)/t14-,19-/m1/s1. The molecule has 16 heteroatoms. The normalized spacial score (nSPS) is 22.9. The maximum Gasteiger partial charge on any atom is 0.352 e. The number of aliphatic hydroxyl groups excluding tert-OH is 1. The third kappa shape index (κ3) is 5.18. The predicted octanol–water partition coefficient (Wildman–Crippen LogP) is -1.57. The van der Waals surface area contributed by atoms with Gasteiger partial charge in [0.05, 0.1) is 6.61 Å². The van der Waals surface area contributed by atoms with Crippen molar-refractivity contribution in [1.82, 2.24) is 25.8 Å². The van der Waals surface area contributed by atoms with Crippen LogP contribution in [0.1, 0.15) is 18.5 Å². The number of carboxylic acids is 1. The first kappa shape index (κ1) is 26.6. The third-order valence-corrected chi connectivity index (χ3v) is 7.99. The number of fused-ring (bicyclic) bond motifs is 1. The van der Waals surface area contributed by atoms with Crippen molar-refractivity contribution < 1.29 is 34.6 Å². The maximum absolute atomic E-state index is 13.1. The number of amides is 3. The molecule has 198 valence electrons. The summed E-state index contributed by atoms with van der Waals surface area (Å²) < 4.78 is 0. The van der Waals surface area contributed by atoms with Gasteiger partial charge in [-0.3, -0.25) is 19.3 Å². The molecule has 3 aliphatic heterocycles. The molecule has 1 aromatic heterocycles. The second-order valence-corrected chi connectivity index (χ2v) is 10.2. The summed E-state index contributed by atoms with van der Waals surface area (Å²) in [6.07, 6.45) is 0.755. The van der Waals surface area contributed by atoms with E-state index < -0.39 is 34.9 Å². The van der Waals surface area contributed by atoms with Crippen LogP contribution in [0.25, 0.3) is 0 Å². The Bertz CT molecular complexity index is 1230. The van der Waals surface area contributed by atoms with Crippen molar-refractivity contribution in [1.29, 1.82) is 0 Å². The number of thioether (sulfide) groups is 1. The SMILES string of the molecule is Nc1nc(C(=NO)C(=O)N[C@@H]2C(=O)N3C(C(=O)O)=C(C(CCNCCO)=C4CCNC4=O)CS[C@H]23)cs1. The van der Waals surface area contributed by atoms with Crippen molar-refractivity contribution in [2.75, 3.05) is 37.7 Å². The summed E-state index contributed by atoms with van der Waals surface area (Å²) >= 11 is 2.30. The van der Waals surface area contributed by atoms with Crippen molar-refractivity contribution in [2.24, 2.45) is 5.16 Å². The summed E-state index contributed by atoms with van der Waals surface area (Å²) in [5.74, 6) is -2.92. The third-order valence-electron chi connectivity index (χ3n) is 6.04. The van der Waals surface area contributed by atoms with Crippen LogP contribution in [0, 0.1) is 0 Å². The number of aliphatic carboxylic acids is 1. The number of nitrogens with zero attached hydrogens (tertiary/aromatic N) is 3. The first-order valence-electron chi connectivity index (χ1n) is 11.3. The number of carbonyl (C=O) groups excluding carboxylic acids is 3. The van der Waals surface area contributed by atoms with Gasteiger partial charge in [0.15, 0.2) is 10.8 Å². The van der Waals surface area contributed by atoms with Gasteiger partial charge >= 0.3 is 5.97 Å². The lowest BCUT2D eigenvalue weighted by Crippen LogP contribution is -2.71. The molecule has 2 atom stereocenters. The Hall–Kier alpha value is -3.47. The van der Waals surface area contributed by atoms with E-state index in [0.29, 0.717) is 49.2 Å². The monoisotopic (exact) mass is 551 g/mol. The molecule has 8 N–H and O–H groups in total. The zero-order valence-corrected chi connectivity index (χ0v) is 21.0. The zero-order chi connectivity index (χ0) is 26.7. The van der Waals surface area contributed by atoms with Crippen LogP contribution >= 0.6 is 23.1 Å². The lowest BCUT2D eigenvalue weighted by atomic mass is 9.92. The summed E-state index contributed by atoms with van der Waals surface area (Å²) in [6.45, 7) is 1.10. The number of rotatable bonds is 10. The fourth-order valence-electron chi connectivity index (χ4n) is 4.38. The van der Waals surface area contributed by atoms with Gasteiger partial charge < -0.3 is 37.1 Å². The first-order chi connectivity index (χ1) is 17.8. The van der Waals surface area contributed by atoms with Crippen LogP contribution in [-0.2, 0) is 19.2 Å². The second kappa shape index (κ2) is 11.3. The van der Waals surface area contributed by atoms with Crippen LogP contribution in [0.5, 0.6) is 0 Å². The largest absolute Gasteiger partial charge is 0.477 e. The molecule has 4 heterocycles. The minimum absolute atomic E-state index is 0.0387. The fraction of sp³-hybridized carbons (Fsp3) is 0.429. The van der Waals surface area contributed by atoms with Crippen molar-refractivity contribution in [3.05, 3.63) is 33.5 Å². The number of oxime groups is 1. The highest BCUT2D eigenvalue weighted by molar-refractivity contribution is 8.00. The van der Waals surface area contributed by atoms with E-state index in [1.165, 1.54) is 17.1 Å². The number of aromatic nitrogens is 1. The molecule has 0 radical (unpaired) electrons. The average molecular weight is 552 g/mol. The van der Waals surface area contributed by atoms with E-state index in [0.717, 1.165) is 16.2 Å². The molecule has 2 saturated heterocycles. The van der Waals surface area contributed by atoms with E-state index in [9.17, 15) is 29.5 Å². The molecule has 4 rings (SSSR count). The number of nitrogens with one attached hydrogen (secondary N) is 3. The lowest BCUT2D eigenvalue weighted by Gasteiger charge is -2.49. The summed E-state index contributed by atoms with van der Waals surface area (Å²) in [6, 6.07) is -1.06. The summed E-state index contributed by atoms with van der Waals surface area (Å²) in [7, 11) is 0.